The molecule has 0 spiro atoms. The monoisotopic (exact) mass is 372 g/mol. The third-order valence-corrected chi connectivity index (χ3v) is 5.72. The summed E-state index contributed by atoms with van der Waals surface area (Å²) in [6.45, 7) is 0.506. The molecule has 0 bridgehead atoms. The Kier molecular flexibility index (Phi) is 3.83. The van der Waals surface area contributed by atoms with E-state index in [-0.39, 0.29) is 11.9 Å². The molecular weight excluding hydrogens is 356 g/mol. The van der Waals surface area contributed by atoms with E-state index in [0.29, 0.717) is 12.2 Å². The number of hydrogen-bond acceptors (Lipinski definition) is 4. The van der Waals surface area contributed by atoms with E-state index in [1.807, 2.05) is 65.0 Å². The van der Waals surface area contributed by atoms with Crippen LogP contribution in [0.25, 0.3) is 11.3 Å². The van der Waals surface area contributed by atoms with Gasteiger partial charge in [-0.05, 0) is 23.1 Å². The molecule has 6 heteroatoms. The number of aromatic amines is 1. The van der Waals surface area contributed by atoms with E-state index in [4.69, 9.17) is 0 Å². The highest BCUT2D eigenvalue weighted by molar-refractivity contribution is 7.10. The maximum absolute atomic E-state index is 13.2. The van der Waals surface area contributed by atoms with E-state index in [1.165, 1.54) is 0 Å². The van der Waals surface area contributed by atoms with Crippen LogP contribution in [-0.2, 0) is 6.54 Å². The minimum atomic E-state index is -0.151. The Labute approximate surface area is 160 Å². The number of aromatic nitrogens is 3. The number of carbonyl (C=O) groups is 1. The Hall–Kier alpha value is -3.25. The molecule has 1 aliphatic heterocycles. The SMILES string of the molecule is O=C1c2[nH]nc(-c3ccccc3)c2C(c2cccs2)N1Cc1cccnc1. The molecule has 5 nitrogen and oxygen atoms in total. The summed E-state index contributed by atoms with van der Waals surface area (Å²) in [5.74, 6) is -0.0260. The van der Waals surface area contributed by atoms with Gasteiger partial charge in [0.25, 0.3) is 5.91 Å². The fourth-order valence-electron chi connectivity index (χ4n) is 3.61. The Morgan fingerprint density at radius 3 is 2.70 bits per heavy atom. The zero-order valence-electron chi connectivity index (χ0n) is 14.4. The van der Waals surface area contributed by atoms with Gasteiger partial charge in [0.15, 0.2) is 0 Å². The van der Waals surface area contributed by atoms with Gasteiger partial charge in [-0.15, -0.1) is 11.3 Å². The van der Waals surface area contributed by atoms with Gasteiger partial charge in [0.1, 0.15) is 5.69 Å². The third-order valence-electron chi connectivity index (χ3n) is 4.80. The summed E-state index contributed by atoms with van der Waals surface area (Å²) in [5, 5.41) is 9.51. The zero-order chi connectivity index (χ0) is 18.2. The smallest absolute Gasteiger partial charge is 0.273 e. The van der Waals surface area contributed by atoms with Crippen molar-refractivity contribution < 1.29 is 4.79 Å². The van der Waals surface area contributed by atoms with Gasteiger partial charge in [-0.25, -0.2) is 0 Å². The van der Waals surface area contributed by atoms with Crippen LogP contribution in [0.5, 0.6) is 0 Å². The first-order valence-corrected chi connectivity index (χ1v) is 9.58. The van der Waals surface area contributed by atoms with Crippen LogP contribution in [0.1, 0.15) is 32.5 Å². The molecule has 132 valence electrons. The molecule has 1 aromatic carbocycles. The number of rotatable bonds is 4. The lowest BCUT2D eigenvalue weighted by atomic mass is 10.0. The second-order valence-corrected chi connectivity index (χ2v) is 7.42. The molecule has 1 atom stereocenters. The van der Waals surface area contributed by atoms with Crippen LogP contribution >= 0.6 is 11.3 Å². The lowest BCUT2D eigenvalue weighted by Crippen LogP contribution is -2.28. The molecule has 1 aliphatic rings. The third kappa shape index (κ3) is 2.65. The lowest BCUT2D eigenvalue weighted by Gasteiger charge is -2.25. The summed E-state index contributed by atoms with van der Waals surface area (Å²) in [6.07, 6.45) is 3.55. The summed E-state index contributed by atoms with van der Waals surface area (Å²) < 4.78 is 0. The van der Waals surface area contributed by atoms with Crippen molar-refractivity contribution in [1.82, 2.24) is 20.1 Å². The Balaban J connectivity index is 1.64. The zero-order valence-corrected chi connectivity index (χ0v) is 15.2. The molecule has 27 heavy (non-hydrogen) atoms. The number of hydrogen-bond donors (Lipinski definition) is 1. The Bertz CT molecular complexity index is 1070. The molecule has 0 aliphatic carbocycles. The lowest BCUT2D eigenvalue weighted by molar-refractivity contribution is 0.0732. The normalized spacial score (nSPS) is 15.9. The molecule has 5 rings (SSSR count). The second-order valence-electron chi connectivity index (χ2n) is 6.44. The predicted molar refractivity (Wildman–Crippen MR) is 104 cm³/mol. The molecule has 1 unspecified atom stereocenters. The van der Waals surface area contributed by atoms with E-state index in [9.17, 15) is 4.79 Å². The molecule has 1 N–H and O–H groups in total. The molecular formula is C21H16N4OS. The summed E-state index contributed by atoms with van der Waals surface area (Å²) in [5.41, 5.74) is 4.39. The van der Waals surface area contributed by atoms with Gasteiger partial charge in [0.05, 0.1) is 11.7 Å². The summed E-state index contributed by atoms with van der Waals surface area (Å²) >= 11 is 1.66. The van der Waals surface area contributed by atoms with Crippen molar-refractivity contribution >= 4 is 17.2 Å². The van der Waals surface area contributed by atoms with Gasteiger partial charge < -0.3 is 4.90 Å². The molecule has 0 saturated carbocycles. The number of fused-ring (bicyclic) bond motifs is 1. The molecule has 0 radical (unpaired) electrons. The Morgan fingerprint density at radius 1 is 1.07 bits per heavy atom. The van der Waals surface area contributed by atoms with Crippen LogP contribution in [0.2, 0.25) is 0 Å². The van der Waals surface area contributed by atoms with Crippen molar-refractivity contribution in [2.75, 3.05) is 0 Å². The van der Waals surface area contributed by atoms with Crippen LogP contribution in [0.3, 0.4) is 0 Å². The van der Waals surface area contributed by atoms with Crippen molar-refractivity contribution in [1.29, 1.82) is 0 Å². The van der Waals surface area contributed by atoms with E-state index in [0.717, 1.165) is 27.3 Å². The summed E-state index contributed by atoms with van der Waals surface area (Å²) in [6, 6.07) is 17.8. The maximum Gasteiger partial charge on any atom is 0.273 e. The van der Waals surface area contributed by atoms with E-state index >= 15 is 0 Å². The second kappa shape index (κ2) is 6.48. The highest BCUT2D eigenvalue weighted by Crippen LogP contribution is 2.44. The number of thiophene rings is 1. The van der Waals surface area contributed by atoms with Crippen LogP contribution < -0.4 is 0 Å². The fraction of sp³-hybridized carbons (Fsp3) is 0.0952. The van der Waals surface area contributed by atoms with Gasteiger partial charge in [-0.2, -0.15) is 5.10 Å². The summed E-state index contributed by atoms with van der Waals surface area (Å²) in [7, 11) is 0. The van der Waals surface area contributed by atoms with E-state index in [2.05, 4.69) is 21.2 Å². The van der Waals surface area contributed by atoms with Crippen LogP contribution in [-0.4, -0.2) is 26.0 Å². The minimum Gasteiger partial charge on any atom is -0.321 e. The number of pyridine rings is 1. The van der Waals surface area contributed by atoms with Crippen molar-refractivity contribution in [2.45, 2.75) is 12.6 Å². The number of nitrogens with zero attached hydrogens (tertiary/aromatic N) is 3. The summed E-state index contributed by atoms with van der Waals surface area (Å²) in [4.78, 5) is 20.4. The number of benzene rings is 1. The van der Waals surface area contributed by atoms with Crippen LogP contribution in [0.4, 0.5) is 0 Å². The first kappa shape index (κ1) is 16.0. The number of amides is 1. The highest BCUT2D eigenvalue weighted by atomic mass is 32.1. The van der Waals surface area contributed by atoms with Gasteiger partial charge >= 0.3 is 0 Å². The average Bonchev–Trinajstić information content (AvgIpc) is 3.43. The quantitative estimate of drug-likeness (QED) is 0.582. The van der Waals surface area contributed by atoms with Crippen molar-refractivity contribution in [2.24, 2.45) is 0 Å². The minimum absolute atomic E-state index is 0.0260. The van der Waals surface area contributed by atoms with Crippen molar-refractivity contribution in [3.05, 3.63) is 94.1 Å². The van der Waals surface area contributed by atoms with Gasteiger partial charge in [0, 0.05) is 34.9 Å². The van der Waals surface area contributed by atoms with E-state index in [1.54, 1.807) is 17.5 Å². The molecule has 0 saturated heterocycles. The van der Waals surface area contributed by atoms with Crippen molar-refractivity contribution in [3.63, 3.8) is 0 Å². The molecule has 4 aromatic rings. The topological polar surface area (TPSA) is 61.9 Å². The standard InChI is InChI=1S/C21H16N4OS/c26-21-19-17(18(23-24-19)15-7-2-1-3-8-15)20(16-9-5-11-27-16)25(21)13-14-6-4-10-22-12-14/h1-12,20H,13H2,(H,23,24). The highest BCUT2D eigenvalue weighted by Gasteiger charge is 2.42. The molecule has 1 amide bonds. The van der Waals surface area contributed by atoms with Crippen LogP contribution in [0.15, 0.2) is 72.4 Å². The van der Waals surface area contributed by atoms with Gasteiger partial charge in [-0.1, -0.05) is 42.5 Å². The van der Waals surface area contributed by atoms with Gasteiger partial charge in [0.2, 0.25) is 0 Å². The van der Waals surface area contributed by atoms with Crippen molar-refractivity contribution in [3.8, 4) is 11.3 Å². The molecule has 3 aromatic heterocycles. The van der Waals surface area contributed by atoms with E-state index < -0.39 is 0 Å². The molecule has 4 heterocycles. The number of nitrogens with one attached hydrogen (secondary N) is 1. The maximum atomic E-state index is 13.2. The first-order valence-electron chi connectivity index (χ1n) is 8.70. The van der Waals surface area contributed by atoms with Gasteiger partial charge in [-0.3, -0.25) is 14.9 Å². The largest absolute Gasteiger partial charge is 0.321 e. The fourth-order valence-corrected chi connectivity index (χ4v) is 4.45. The average molecular weight is 372 g/mol. The molecule has 0 fully saturated rings. The van der Waals surface area contributed by atoms with Crippen LogP contribution in [0, 0.1) is 0 Å². The Morgan fingerprint density at radius 2 is 1.96 bits per heavy atom. The first-order chi connectivity index (χ1) is 13.3. The number of H-pyrrole nitrogens is 1. The number of carbonyl (C=O) groups excluding carboxylic acids is 1. The predicted octanol–water partition coefficient (Wildman–Crippen LogP) is 4.28.